The van der Waals surface area contributed by atoms with Gasteiger partial charge in [-0.1, -0.05) is 83.9 Å². The highest BCUT2D eigenvalue weighted by Crippen LogP contribution is 2.58. The van der Waals surface area contributed by atoms with Crippen LogP contribution in [0.4, 0.5) is 5.69 Å². The second-order valence-corrected chi connectivity index (χ2v) is 10.4. The van der Waals surface area contributed by atoms with Gasteiger partial charge in [0.15, 0.2) is 11.6 Å². The number of nitrogens with zero attached hydrogens (tertiary/aromatic N) is 1. The summed E-state index contributed by atoms with van der Waals surface area (Å²) in [6.45, 7) is 5.66. The van der Waals surface area contributed by atoms with Gasteiger partial charge >= 0.3 is 5.97 Å². The van der Waals surface area contributed by atoms with E-state index in [0.717, 1.165) is 11.1 Å². The summed E-state index contributed by atoms with van der Waals surface area (Å²) in [5.74, 6) is -3.41. The molecule has 198 valence electrons. The summed E-state index contributed by atoms with van der Waals surface area (Å²) in [6.07, 6.45) is 1.64. The molecule has 5 rings (SSSR count). The fourth-order valence-corrected chi connectivity index (χ4v) is 6.05. The monoisotopic (exact) mass is 521 g/mol. The van der Waals surface area contributed by atoms with Gasteiger partial charge in [-0.25, -0.2) is 0 Å². The number of fused-ring (bicyclic) bond motifs is 2. The minimum absolute atomic E-state index is 0.0441. The van der Waals surface area contributed by atoms with Gasteiger partial charge in [-0.05, 0) is 32.4 Å². The van der Waals surface area contributed by atoms with Crippen LogP contribution in [-0.2, 0) is 19.7 Å². The van der Waals surface area contributed by atoms with Crippen molar-refractivity contribution in [2.75, 3.05) is 18.6 Å². The van der Waals surface area contributed by atoms with Crippen LogP contribution in [0.15, 0.2) is 84.4 Å². The van der Waals surface area contributed by atoms with E-state index >= 15 is 0 Å². The zero-order valence-corrected chi connectivity index (χ0v) is 22.6. The summed E-state index contributed by atoms with van der Waals surface area (Å²) in [5.41, 5.74) is 2.94. The van der Waals surface area contributed by atoms with E-state index in [1.165, 1.54) is 4.90 Å². The molecule has 0 fully saturated rings. The molecular weight excluding hydrogens is 490 g/mol. The van der Waals surface area contributed by atoms with Gasteiger partial charge in [0.1, 0.15) is 11.3 Å². The fourth-order valence-electron chi connectivity index (χ4n) is 6.05. The molecule has 1 spiro atoms. The van der Waals surface area contributed by atoms with Gasteiger partial charge in [0.25, 0.3) is 0 Å². The van der Waals surface area contributed by atoms with Crippen molar-refractivity contribution in [2.45, 2.75) is 32.6 Å². The number of ether oxygens (including phenoxy) is 1. The smallest absolute Gasteiger partial charge is 0.315 e. The van der Waals surface area contributed by atoms with Crippen molar-refractivity contribution in [3.05, 3.63) is 112 Å². The predicted molar refractivity (Wildman–Crippen MR) is 149 cm³/mol. The maximum absolute atomic E-state index is 14.3. The van der Waals surface area contributed by atoms with Crippen molar-refractivity contribution in [3.63, 3.8) is 0 Å². The van der Waals surface area contributed by atoms with Crippen LogP contribution in [0.2, 0.25) is 0 Å². The summed E-state index contributed by atoms with van der Waals surface area (Å²) < 4.78 is 5.51. The van der Waals surface area contributed by atoms with Crippen molar-refractivity contribution in [3.8, 4) is 0 Å². The number of hydrogen-bond acceptors (Lipinski definition) is 5. The number of aryl methyl sites for hydroxylation is 2. The van der Waals surface area contributed by atoms with Gasteiger partial charge in [-0.2, -0.15) is 0 Å². The number of benzene rings is 3. The minimum Gasteiger partial charge on any atom is -0.465 e. The van der Waals surface area contributed by atoms with Crippen LogP contribution >= 0.6 is 0 Å². The number of para-hydroxylation sites is 1. The summed E-state index contributed by atoms with van der Waals surface area (Å²) in [6, 6.07) is 21.6. The first-order valence-electron chi connectivity index (χ1n) is 13.2. The van der Waals surface area contributed by atoms with Crippen molar-refractivity contribution in [1.82, 2.24) is 0 Å². The van der Waals surface area contributed by atoms with E-state index in [1.54, 1.807) is 44.3 Å². The maximum Gasteiger partial charge on any atom is 0.315 e. The van der Waals surface area contributed by atoms with E-state index < -0.39 is 23.2 Å². The second-order valence-electron chi connectivity index (χ2n) is 10.4. The minimum atomic E-state index is -1.48. The van der Waals surface area contributed by atoms with Crippen molar-refractivity contribution in [1.29, 1.82) is 0 Å². The lowest BCUT2D eigenvalue weighted by Gasteiger charge is -2.35. The van der Waals surface area contributed by atoms with Crippen LogP contribution in [0.1, 0.15) is 50.8 Å². The molecule has 3 aromatic rings. The lowest BCUT2D eigenvalue weighted by atomic mass is 9.64. The van der Waals surface area contributed by atoms with Crippen LogP contribution in [0, 0.1) is 25.7 Å². The quantitative estimate of drug-likeness (QED) is 0.307. The van der Waals surface area contributed by atoms with Gasteiger partial charge in [0, 0.05) is 41.8 Å². The van der Waals surface area contributed by atoms with Gasteiger partial charge in [-0.15, -0.1) is 0 Å². The highest BCUT2D eigenvalue weighted by atomic mass is 16.5. The molecule has 1 amide bonds. The standard InChI is InChI=1S/C33H31NO5/c1-5-39-31(37)29-25(30(36)23-16-12-21(3)13-17-23)18-24(19-28(35)22-14-10-20(2)11-15-22)33(29)26-8-6-7-9-27(26)34(4)32(33)38/h6-18,24,29H,5,19H2,1-4H3/t24-,29?,33-/m0/s1. The number of rotatable bonds is 7. The number of ketones is 2. The number of carbonyl (C=O) groups excluding carboxylic acids is 4. The Morgan fingerprint density at radius 1 is 0.872 bits per heavy atom. The van der Waals surface area contributed by atoms with Crippen molar-refractivity contribution in [2.24, 2.45) is 11.8 Å². The number of likely N-dealkylation sites (N-methyl/N-ethyl adjacent to an activating group) is 1. The van der Waals surface area contributed by atoms with Gasteiger partial charge in [0.05, 0.1) is 6.61 Å². The maximum atomic E-state index is 14.3. The molecule has 0 N–H and O–H groups in total. The number of carbonyl (C=O) groups is 4. The number of esters is 1. The number of amides is 1. The molecule has 0 radical (unpaired) electrons. The predicted octanol–water partition coefficient (Wildman–Crippen LogP) is 5.41. The van der Waals surface area contributed by atoms with Crippen LogP contribution in [0.25, 0.3) is 0 Å². The Morgan fingerprint density at radius 3 is 2.08 bits per heavy atom. The molecule has 3 aromatic carbocycles. The molecule has 1 aliphatic carbocycles. The Labute approximate surface area is 228 Å². The molecule has 0 bridgehead atoms. The Balaban J connectivity index is 1.70. The Morgan fingerprint density at radius 2 is 1.46 bits per heavy atom. The second kappa shape index (κ2) is 10.1. The number of hydrogen-bond donors (Lipinski definition) is 0. The van der Waals surface area contributed by atoms with E-state index in [2.05, 4.69) is 0 Å². The molecule has 1 unspecified atom stereocenters. The van der Waals surface area contributed by atoms with E-state index in [9.17, 15) is 19.2 Å². The normalized spacial score (nSPS) is 21.6. The number of Topliss-reactive ketones (excluding diaryl/α,β-unsaturated/α-hetero) is 2. The SMILES string of the molecule is CCOC(=O)C1C(C(=O)c2ccc(C)cc2)=C[C@@H](CC(=O)c2ccc(C)cc2)[C@@]12C(=O)N(C)c1ccccc12. The van der Waals surface area contributed by atoms with E-state index in [1.807, 2.05) is 62.4 Å². The topological polar surface area (TPSA) is 80.8 Å². The average molecular weight is 522 g/mol. The van der Waals surface area contributed by atoms with E-state index in [0.29, 0.717) is 22.4 Å². The van der Waals surface area contributed by atoms with Crippen molar-refractivity contribution >= 4 is 29.1 Å². The third-order valence-corrected chi connectivity index (χ3v) is 7.98. The first-order valence-corrected chi connectivity index (χ1v) is 13.2. The molecule has 39 heavy (non-hydrogen) atoms. The van der Waals surface area contributed by atoms with Gasteiger partial charge in [0.2, 0.25) is 5.91 Å². The molecule has 1 aliphatic heterocycles. The molecule has 0 aromatic heterocycles. The molecule has 0 saturated carbocycles. The summed E-state index contributed by atoms with van der Waals surface area (Å²) >= 11 is 0. The molecule has 6 heteroatoms. The summed E-state index contributed by atoms with van der Waals surface area (Å²) in [5, 5.41) is 0. The largest absolute Gasteiger partial charge is 0.465 e. The number of anilines is 1. The van der Waals surface area contributed by atoms with Crippen LogP contribution < -0.4 is 4.90 Å². The molecule has 1 heterocycles. The zero-order chi connectivity index (χ0) is 27.9. The molecule has 3 atom stereocenters. The van der Waals surface area contributed by atoms with Gasteiger partial charge < -0.3 is 9.64 Å². The van der Waals surface area contributed by atoms with Crippen LogP contribution in [0.3, 0.4) is 0 Å². The molecule has 2 aliphatic rings. The average Bonchev–Trinajstić information content (AvgIpc) is 3.38. The third-order valence-electron chi connectivity index (χ3n) is 7.98. The van der Waals surface area contributed by atoms with E-state index in [4.69, 9.17) is 4.74 Å². The van der Waals surface area contributed by atoms with Crippen molar-refractivity contribution < 1.29 is 23.9 Å². The fraction of sp³-hybridized carbons (Fsp3) is 0.273. The first-order chi connectivity index (χ1) is 18.7. The molecule has 6 nitrogen and oxygen atoms in total. The highest BCUT2D eigenvalue weighted by Gasteiger charge is 2.66. The van der Waals surface area contributed by atoms with Crippen LogP contribution in [0.5, 0.6) is 0 Å². The Bertz CT molecular complexity index is 1500. The Kier molecular flexibility index (Phi) is 6.81. The lowest BCUT2D eigenvalue weighted by Crippen LogP contribution is -2.51. The zero-order valence-electron chi connectivity index (χ0n) is 22.6. The van der Waals surface area contributed by atoms with Gasteiger partial charge in [-0.3, -0.25) is 19.2 Å². The summed E-state index contributed by atoms with van der Waals surface area (Å²) in [7, 11) is 1.66. The Hall–Kier alpha value is -4.32. The molecular formula is C33H31NO5. The third kappa shape index (κ3) is 4.20. The number of allylic oxidation sites excluding steroid dienone is 1. The van der Waals surface area contributed by atoms with E-state index in [-0.39, 0.29) is 36.1 Å². The highest BCUT2D eigenvalue weighted by molar-refractivity contribution is 6.18. The summed E-state index contributed by atoms with van der Waals surface area (Å²) in [4.78, 5) is 57.1. The van der Waals surface area contributed by atoms with Crippen LogP contribution in [-0.4, -0.2) is 37.1 Å². The lowest BCUT2D eigenvalue weighted by molar-refractivity contribution is -0.151. The molecule has 0 saturated heterocycles. The first kappa shape index (κ1) is 26.3.